The topological polar surface area (TPSA) is 88.2 Å². The number of carbonyl (C=O) groups is 1. The second kappa shape index (κ2) is 4.57. The molecule has 5 nitrogen and oxygen atoms in total. The van der Waals surface area contributed by atoms with Gasteiger partial charge < -0.3 is 16.2 Å². The number of nitrogens with two attached hydrogens (primary N) is 1. The van der Waals surface area contributed by atoms with Crippen molar-refractivity contribution in [3.63, 3.8) is 0 Å². The third kappa shape index (κ3) is 2.70. The third-order valence-corrected chi connectivity index (χ3v) is 1.70. The molecule has 4 N–H and O–H groups in total. The SMILES string of the molecule is CC(CO)Nc1ccnc(C(N)=O)c1. The van der Waals surface area contributed by atoms with Crippen LogP contribution in [0.1, 0.15) is 17.4 Å². The summed E-state index contributed by atoms with van der Waals surface area (Å²) in [6, 6.07) is 3.19. The minimum absolute atomic E-state index is 0.0221. The van der Waals surface area contributed by atoms with Gasteiger partial charge in [0.1, 0.15) is 5.69 Å². The van der Waals surface area contributed by atoms with Gasteiger partial charge in [0.15, 0.2) is 0 Å². The van der Waals surface area contributed by atoms with Crippen LogP contribution in [0.15, 0.2) is 18.3 Å². The molecule has 1 heterocycles. The maximum absolute atomic E-state index is 10.8. The van der Waals surface area contributed by atoms with E-state index in [1.165, 1.54) is 6.20 Å². The molecule has 0 aliphatic heterocycles. The Hall–Kier alpha value is -1.62. The average Bonchev–Trinajstić information content (AvgIpc) is 2.18. The van der Waals surface area contributed by atoms with Gasteiger partial charge in [-0.25, -0.2) is 0 Å². The number of aliphatic hydroxyl groups is 1. The fraction of sp³-hybridized carbons (Fsp3) is 0.333. The summed E-state index contributed by atoms with van der Waals surface area (Å²) in [5.41, 5.74) is 5.99. The van der Waals surface area contributed by atoms with E-state index >= 15 is 0 Å². The first-order valence-electron chi connectivity index (χ1n) is 4.26. The molecule has 0 aliphatic carbocycles. The van der Waals surface area contributed by atoms with Gasteiger partial charge in [0.25, 0.3) is 5.91 Å². The molecule has 1 amide bonds. The lowest BCUT2D eigenvalue weighted by Gasteiger charge is -2.12. The summed E-state index contributed by atoms with van der Waals surface area (Å²) in [6.45, 7) is 1.85. The van der Waals surface area contributed by atoms with Gasteiger partial charge in [-0.15, -0.1) is 0 Å². The van der Waals surface area contributed by atoms with Crippen LogP contribution in [0.2, 0.25) is 0 Å². The number of aromatic nitrogens is 1. The van der Waals surface area contributed by atoms with Crippen LogP contribution in [0.5, 0.6) is 0 Å². The number of nitrogens with one attached hydrogen (secondary N) is 1. The number of carbonyl (C=O) groups excluding carboxylic acids is 1. The normalized spacial score (nSPS) is 12.1. The van der Waals surface area contributed by atoms with E-state index in [4.69, 9.17) is 10.8 Å². The standard InChI is InChI=1S/C9H13N3O2/c1-6(5-13)12-7-2-3-11-8(4-7)9(10)14/h2-4,6,13H,5H2,1H3,(H2,10,14)(H,11,12). The van der Waals surface area contributed by atoms with Gasteiger partial charge in [-0.05, 0) is 19.1 Å². The third-order valence-electron chi connectivity index (χ3n) is 1.70. The summed E-state index contributed by atoms with van der Waals surface area (Å²) in [5, 5.41) is 11.8. The Morgan fingerprint density at radius 2 is 2.50 bits per heavy atom. The van der Waals surface area contributed by atoms with Crippen molar-refractivity contribution < 1.29 is 9.90 Å². The number of nitrogens with zero attached hydrogens (tertiary/aromatic N) is 1. The zero-order valence-corrected chi connectivity index (χ0v) is 7.90. The van der Waals surface area contributed by atoms with Crippen LogP contribution in [-0.4, -0.2) is 28.6 Å². The summed E-state index contributed by atoms with van der Waals surface area (Å²) < 4.78 is 0. The lowest BCUT2D eigenvalue weighted by molar-refractivity contribution is 0.0995. The predicted molar refractivity (Wildman–Crippen MR) is 52.9 cm³/mol. The van der Waals surface area contributed by atoms with Gasteiger partial charge in [0, 0.05) is 17.9 Å². The highest BCUT2D eigenvalue weighted by Crippen LogP contribution is 2.08. The molecular weight excluding hydrogens is 182 g/mol. The molecule has 0 bridgehead atoms. The fourth-order valence-electron chi connectivity index (χ4n) is 0.985. The van der Waals surface area contributed by atoms with E-state index in [0.29, 0.717) is 0 Å². The molecule has 1 aromatic rings. The van der Waals surface area contributed by atoms with Crippen LogP contribution in [0.4, 0.5) is 5.69 Å². The van der Waals surface area contributed by atoms with Gasteiger partial charge in [-0.2, -0.15) is 0 Å². The van der Waals surface area contributed by atoms with Crippen molar-refractivity contribution >= 4 is 11.6 Å². The van der Waals surface area contributed by atoms with Crippen molar-refractivity contribution in [1.82, 2.24) is 4.98 Å². The Labute approximate surface area is 82.0 Å². The highest BCUT2D eigenvalue weighted by Gasteiger charge is 2.04. The maximum atomic E-state index is 10.8. The second-order valence-corrected chi connectivity index (χ2v) is 3.02. The summed E-state index contributed by atoms with van der Waals surface area (Å²) in [6.07, 6.45) is 1.49. The lowest BCUT2D eigenvalue weighted by Crippen LogP contribution is -2.20. The second-order valence-electron chi connectivity index (χ2n) is 3.02. The Balaban J connectivity index is 2.78. The van der Waals surface area contributed by atoms with E-state index in [9.17, 15) is 4.79 Å². The summed E-state index contributed by atoms with van der Waals surface area (Å²) in [7, 11) is 0. The molecule has 1 rings (SSSR count). The smallest absolute Gasteiger partial charge is 0.267 e. The van der Waals surface area contributed by atoms with Crippen molar-refractivity contribution in [2.45, 2.75) is 13.0 Å². The van der Waals surface area contributed by atoms with Crippen molar-refractivity contribution in [3.8, 4) is 0 Å². The molecule has 0 spiro atoms. The van der Waals surface area contributed by atoms with Gasteiger partial charge in [-0.3, -0.25) is 9.78 Å². The molecule has 1 unspecified atom stereocenters. The number of rotatable bonds is 4. The molecule has 0 aromatic carbocycles. The van der Waals surface area contributed by atoms with Crippen LogP contribution in [0.25, 0.3) is 0 Å². The number of aliphatic hydroxyl groups excluding tert-OH is 1. The number of hydrogen-bond acceptors (Lipinski definition) is 4. The largest absolute Gasteiger partial charge is 0.394 e. The first-order chi connectivity index (χ1) is 6.63. The number of amides is 1. The Morgan fingerprint density at radius 3 is 3.07 bits per heavy atom. The zero-order valence-electron chi connectivity index (χ0n) is 7.90. The molecule has 14 heavy (non-hydrogen) atoms. The highest BCUT2D eigenvalue weighted by atomic mass is 16.3. The van der Waals surface area contributed by atoms with Crippen molar-refractivity contribution in [3.05, 3.63) is 24.0 Å². The number of pyridine rings is 1. The zero-order chi connectivity index (χ0) is 10.6. The Kier molecular flexibility index (Phi) is 3.41. The van der Waals surface area contributed by atoms with E-state index in [1.807, 2.05) is 6.92 Å². The summed E-state index contributed by atoms with van der Waals surface area (Å²) in [4.78, 5) is 14.6. The highest BCUT2D eigenvalue weighted by molar-refractivity contribution is 5.91. The molecule has 0 saturated carbocycles. The number of hydrogen-bond donors (Lipinski definition) is 3. The molecule has 1 atom stereocenters. The number of primary amides is 1. The van der Waals surface area contributed by atoms with Crippen LogP contribution in [0, 0.1) is 0 Å². The van der Waals surface area contributed by atoms with E-state index in [0.717, 1.165) is 5.69 Å². The monoisotopic (exact) mass is 195 g/mol. The summed E-state index contributed by atoms with van der Waals surface area (Å²) in [5.74, 6) is -0.565. The van der Waals surface area contributed by atoms with E-state index in [-0.39, 0.29) is 18.3 Å². The van der Waals surface area contributed by atoms with E-state index < -0.39 is 5.91 Å². The molecule has 5 heteroatoms. The van der Waals surface area contributed by atoms with Gasteiger partial charge >= 0.3 is 0 Å². The molecule has 0 aliphatic rings. The first kappa shape index (κ1) is 10.5. The first-order valence-corrected chi connectivity index (χ1v) is 4.26. The van der Waals surface area contributed by atoms with Crippen LogP contribution in [-0.2, 0) is 0 Å². The molecule has 76 valence electrons. The minimum Gasteiger partial charge on any atom is -0.394 e. The average molecular weight is 195 g/mol. The summed E-state index contributed by atoms with van der Waals surface area (Å²) >= 11 is 0. The van der Waals surface area contributed by atoms with Crippen LogP contribution < -0.4 is 11.1 Å². The van der Waals surface area contributed by atoms with Crippen LogP contribution >= 0.6 is 0 Å². The Bertz CT molecular complexity index is 328. The molecule has 0 saturated heterocycles. The quantitative estimate of drug-likeness (QED) is 0.629. The van der Waals surface area contributed by atoms with Gasteiger partial charge in [0.2, 0.25) is 0 Å². The van der Waals surface area contributed by atoms with Crippen molar-refractivity contribution in [2.75, 3.05) is 11.9 Å². The molecule has 0 radical (unpaired) electrons. The van der Waals surface area contributed by atoms with E-state index in [1.54, 1.807) is 12.1 Å². The fourth-order valence-corrected chi connectivity index (χ4v) is 0.985. The van der Waals surface area contributed by atoms with E-state index in [2.05, 4.69) is 10.3 Å². The Morgan fingerprint density at radius 1 is 1.79 bits per heavy atom. The predicted octanol–water partition coefficient (Wildman–Crippen LogP) is -0.0268. The van der Waals surface area contributed by atoms with Crippen molar-refractivity contribution in [1.29, 1.82) is 0 Å². The van der Waals surface area contributed by atoms with Gasteiger partial charge in [-0.1, -0.05) is 0 Å². The number of anilines is 1. The molecule has 1 aromatic heterocycles. The molecular formula is C9H13N3O2. The maximum Gasteiger partial charge on any atom is 0.267 e. The lowest BCUT2D eigenvalue weighted by atomic mass is 10.2. The van der Waals surface area contributed by atoms with Gasteiger partial charge in [0.05, 0.1) is 6.61 Å². The van der Waals surface area contributed by atoms with Crippen molar-refractivity contribution in [2.24, 2.45) is 5.73 Å². The minimum atomic E-state index is -0.565. The molecule has 0 fully saturated rings. The van der Waals surface area contributed by atoms with Crippen LogP contribution in [0.3, 0.4) is 0 Å².